The van der Waals surface area contributed by atoms with E-state index in [1.165, 1.54) is 4.63 Å². The molecule has 1 unspecified atom stereocenters. The number of aliphatic carboxylic acids is 1. The van der Waals surface area contributed by atoms with Gasteiger partial charge in [-0.2, -0.15) is 0 Å². The summed E-state index contributed by atoms with van der Waals surface area (Å²) in [5, 5.41) is 27.3. The summed E-state index contributed by atoms with van der Waals surface area (Å²) in [4.78, 5) is 10.9. The Morgan fingerprint density at radius 2 is 2.25 bits per heavy atom. The molecule has 8 heteroatoms. The number of nitrogens with one attached hydrogen (secondary N) is 1. The molecule has 2 N–H and O–H groups in total. The van der Waals surface area contributed by atoms with Gasteiger partial charge in [-0.1, -0.05) is 13.8 Å². The molecule has 0 aromatic carbocycles. The number of hydrogen-bond donors (Lipinski definition) is 2. The third-order valence-electron chi connectivity index (χ3n) is 2.91. The Hall–Kier alpha value is -2.25. The number of rotatable bonds is 7. The minimum absolute atomic E-state index is 0.0684. The van der Waals surface area contributed by atoms with Gasteiger partial charge in [0.1, 0.15) is 5.82 Å². The maximum absolute atomic E-state index is 10.9. The Kier molecular flexibility index (Phi) is 4.44. The molecule has 1 atom stereocenters. The lowest BCUT2D eigenvalue weighted by Crippen LogP contribution is -2.20. The first-order valence-corrected chi connectivity index (χ1v) is 6.55. The smallest absolute Gasteiger partial charge is 0.303 e. The molecular weight excluding hydrogens is 260 g/mol. The molecule has 2 aromatic heterocycles. The van der Waals surface area contributed by atoms with E-state index in [2.05, 4.69) is 39.8 Å². The van der Waals surface area contributed by atoms with Crippen molar-refractivity contribution in [2.45, 2.75) is 26.7 Å². The molecule has 0 aliphatic heterocycles. The van der Waals surface area contributed by atoms with Crippen molar-refractivity contribution in [3.63, 3.8) is 0 Å². The second-order valence-electron chi connectivity index (χ2n) is 5.22. The molecule has 2 aromatic rings. The third-order valence-corrected chi connectivity index (χ3v) is 2.91. The zero-order valence-electron chi connectivity index (χ0n) is 11.5. The molecule has 0 saturated heterocycles. The average Bonchev–Trinajstić information content (AvgIpc) is 2.81. The number of carbonyl (C=O) groups is 1. The van der Waals surface area contributed by atoms with Gasteiger partial charge >= 0.3 is 5.97 Å². The van der Waals surface area contributed by atoms with Gasteiger partial charge in [-0.25, -0.2) is 0 Å². The summed E-state index contributed by atoms with van der Waals surface area (Å²) in [6.07, 6.45) is 1.00. The molecule has 0 spiro atoms. The van der Waals surface area contributed by atoms with E-state index in [0.717, 1.165) is 6.42 Å². The van der Waals surface area contributed by atoms with Gasteiger partial charge < -0.3 is 10.4 Å². The van der Waals surface area contributed by atoms with Gasteiger partial charge in [-0.05, 0) is 40.8 Å². The van der Waals surface area contributed by atoms with E-state index in [1.807, 2.05) is 0 Å². The van der Waals surface area contributed by atoms with Crippen molar-refractivity contribution in [1.82, 2.24) is 25.3 Å². The number of anilines is 1. The van der Waals surface area contributed by atoms with E-state index in [1.54, 1.807) is 12.1 Å². The number of nitrogens with zero attached hydrogens (tertiary/aromatic N) is 5. The van der Waals surface area contributed by atoms with Crippen molar-refractivity contribution in [2.24, 2.45) is 11.8 Å². The van der Waals surface area contributed by atoms with Crippen LogP contribution in [0.4, 0.5) is 5.82 Å². The van der Waals surface area contributed by atoms with E-state index in [4.69, 9.17) is 5.11 Å². The SMILES string of the molecule is CC(C)CC(CNc1ccc2nnnn2n1)CC(=O)O. The van der Waals surface area contributed by atoms with E-state index < -0.39 is 5.97 Å². The van der Waals surface area contributed by atoms with Crippen molar-refractivity contribution in [3.05, 3.63) is 12.1 Å². The Balaban J connectivity index is 1.98. The minimum Gasteiger partial charge on any atom is -0.481 e. The summed E-state index contributed by atoms with van der Waals surface area (Å²) in [5.41, 5.74) is 0.569. The first-order valence-electron chi connectivity index (χ1n) is 6.55. The van der Waals surface area contributed by atoms with Crippen molar-refractivity contribution >= 4 is 17.4 Å². The molecule has 8 nitrogen and oxygen atoms in total. The van der Waals surface area contributed by atoms with Crippen molar-refractivity contribution in [3.8, 4) is 0 Å². The van der Waals surface area contributed by atoms with E-state index in [9.17, 15) is 4.79 Å². The first kappa shape index (κ1) is 14.2. The average molecular weight is 278 g/mol. The summed E-state index contributed by atoms with van der Waals surface area (Å²) < 4.78 is 1.33. The first-order chi connectivity index (χ1) is 9.54. The van der Waals surface area contributed by atoms with E-state index in [-0.39, 0.29) is 12.3 Å². The zero-order chi connectivity index (χ0) is 14.5. The Bertz CT molecular complexity index is 582. The van der Waals surface area contributed by atoms with Crippen LogP contribution in [-0.4, -0.2) is 42.9 Å². The molecule has 0 fully saturated rings. The highest BCUT2D eigenvalue weighted by atomic mass is 16.4. The van der Waals surface area contributed by atoms with Crippen molar-refractivity contribution in [2.75, 3.05) is 11.9 Å². The van der Waals surface area contributed by atoms with Gasteiger partial charge in [0.25, 0.3) is 0 Å². The normalized spacial score (nSPS) is 12.8. The van der Waals surface area contributed by atoms with Crippen molar-refractivity contribution in [1.29, 1.82) is 0 Å². The second-order valence-corrected chi connectivity index (χ2v) is 5.22. The highest BCUT2D eigenvalue weighted by Gasteiger charge is 2.15. The van der Waals surface area contributed by atoms with Gasteiger partial charge in [-0.15, -0.1) is 14.8 Å². The van der Waals surface area contributed by atoms with Gasteiger partial charge in [0.05, 0.1) is 0 Å². The molecule has 2 rings (SSSR count). The molecule has 0 bridgehead atoms. The lowest BCUT2D eigenvalue weighted by atomic mass is 9.94. The molecule has 0 saturated carbocycles. The van der Waals surface area contributed by atoms with Gasteiger partial charge in [0.2, 0.25) is 0 Å². The maximum Gasteiger partial charge on any atom is 0.303 e. The maximum atomic E-state index is 10.9. The van der Waals surface area contributed by atoms with Crippen molar-refractivity contribution < 1.29 is 9.90 Å². The number of aromatic nitrogens is 5. The van der Waals surface area contributed by atoms with Crippen LogP contribution >= 0.6 is 0 Å². The van der Waals surface area contributed by atoms with Crippen LogP contribution in [0.15, 0.2) is 12.1 Å². The van der Waals surface area contributed by atoms with Crippen LogP contribution in [0.2, 0.25) is 0 Å². The van der Waals surface area contributed by atoms with Crippen LogP contribution in [0.25, 0.3) is 5.65 Å². The highest BCUT2D eigenvalue weighted by Crippen LogP contribution is 2.16. The van der Waals surface area contributed by atoms with Gasteiger partial charge in [-0.3, -0.25) is 4.79 Å². The lowest BCUT2D eigenvalue weighted by Gasteiger charge is -2.17. The predicted octanol–water partition coefficient (Wildman–Crippen LogP) is 1.07. The number of tetrazole rings is 1. The molecule has 0 radical (unpaired) electrons. The van der Waals surface area contributed by atoms with Gasteiger partial charge in [0, 0.05) is 13.0 Å². The topological polar surface area (TPSA) is 105 Å². The molecule has 0 aliphatic rings. The third kappa shape index (κ3) is 3.87. The molecule has 20 heavy (non-hydrogen) atoms. The second kappa shape index (κ2) is 6.27. The van der Waals surface area contributed by atoms with Crippen LogP contribution in [0.5, 0.6) is 0 Å². The molecular formula is C12H18N6O2. The summed E-state index contributed by atoms with van der Waals surface area (Å²) in [6.45, 7) is 4.73. The fraction of sp³-hybridized carbons (Fsp3) is 0.583. The van der Waals surface area contributed by atoms with Crippen LogP contribution in [-0.2, 0) is 4.79 Å². The lowest BCUT2D eigenvalue weighted by molar-refractivity contribution is -0.138. The highest BCUT2D eigenvalue weighted by molar-refractivity contribution is 5.67. The fourth-order valence-electron chi connectivity index (χ4n) is 2.15. The van der Waals surface area contributed by atoms with Crippen LogP contribution in [0, 0.1) is 11.8 Å². The monoisotopic (exact) mass is 278 g/mol. The number of hydrogen-bond acceptors (Lipinski definition) is 6. The summed E-state index contributed by atoms with van der Waals surface area (Å²) in [6, 6.07) is 3.53. The van der Waals surface area contributed by atoms with Crippen LogP contribution < -0.4 is 5.32 Å². The molecule has 2 heterocycles. The molecule has 0 aliphatic carbocycles. The summed E-state index contributed by atoms with van der Waals surface area (Å²) in [7, 11) is 0. The van der Waals surface area contributed by atoms with Crippen LogP contribution in [0.1, 0.15) is 26.7 Å². The number of carboxylic acids is 1. The van der Waals surface area contributed by atoms with E-state index >= 15 is 0 Å². The molecule has 0 amide bonds. The Morgan fingerprint density at radius 3 is 2.95 bits per heavy atom. The largest absolute Gasteiger partial charge is 0.481 e. The Morgan fingerprint density at radius 1 is 1.45 bits per heavy atom. The van der Waals surface area contributed by atoms with Gasteiger partial charge in [0.15, 0.2) is 5.65 Å². The zero-order valence-corrected chi connectivity index (χ0v) is 11.5. The summed E-state index contributed by atoms with van der Waals surface area (Å²) in [5.74, 6) is 0.375. The van der Waals surface area contributed by atoms with E-state index in [0.29, 0.717) is 23.9 Å². The summed E-state index contributed by atoms with van der Waals surface area (Å²) >= 11 is 0. The quantitative estimate of drug-likeness (QED) is 0.780. The fourth-order valence-corrected chi connectivity index (χ4v) is 2.15. The minimum atomic E-state index is -0.777. The van der Waals surface area contributed by atoms with Crippen LogP contribution in [0.3, 0.4) is 0 Å². The predicted molar refractivity (Wildman–Crippen MR) is 72.3 cm³/mol. The number of carboxylic acid groups (broad SMARTS) is 1. The number of fused-ring (bicyclic) bond motifs is 1. The molecule has 108 valence electrons. The standard InChI is InChI=1S/C12H18N6O2/c1-8(2)5-9(6-12(19)20)7-13-10-3-4-11-14-16-17-18(11)15-10/h3-4,8-9H,5-7H2,1-2H3,(H,13,15)(H,19,20). The Labute approximate surface area is 116 Å².